The van der Waals surface area contributed by atoms with E-state index in [1.807, 2.05) is 6.92 Å². The number of aliphatic hydroxyl groups excluding tert-OH is 2. The van der Waals surface area contributed by atoms with Gasteiger partial charge in [0.15, 0.2) is 5.78 Å². The zero-order valence-corrected chi connectivity index (χ0v) is 35.2. The van der Waals surface area contributed by atoms with Crippen molar-refractivity contribution >= 4 is 47.2 Å². The van der Waals surface area contributed by atoms with Gasteiger partial charge < -0.3 is 57.1 Å². The molecular weight excluding hydrogens is 772 g/mol. The number of carbonyl (C=O) groups excluding carboxylic acids is 7. The Kier molecular flexibility index (Phi) is 33.2. The standard InChI is InChI=1S/C40H72N6O13/c1-3-4-17-30(29(2)49)44-40(57)33(27-48)46-38(55)31(20-21-34(41)50)45-39(56)32(26-47)43-36(52)28-59-25-24-58-23-22-42-35(51)18-15-13-11-9-7-5-6-8-10-12-14-16-19-37(53)54/h30-33,47-48H,3-28H2,1-2H3,(H2,41,50)(H,42,51)(H,43,52)(H,44,57)(H,45,56)(H,46,55)(H,53,54)/t30-,31-,32-,33-/m0/s1. The molecular formula is C40H72N6O13. The van der Waals surface area contributed by atoms with Gasteiger partial charge in [-0.3, -0.25) is 38.4 Å². The molecule has 4 atom stereocenters. The van der Waals surface area contributed by atoms with Crippen molar-refractivity contribution in [1.82, 2.24) is 26.6 Å². The van der Waals surface area contributed by atoms with Crippen LogP contribution in [0.4, 0.5) is 0 Å². The largest absolute Gasteiger partial charge is 0.481 e. The molecule has 19 heteroatoms. The number of primary amides is 1. The topological polar surface area (TPSA) is 302 Å². The number of nitrogens with two attached hydrogens (primary N) is 1. The van der Waals surface area contributed by atoms with Crippen molar-refractivity contribution in [3.8, 4) is 0 Å². The van der Waals surface area contributed by atoms with Crippen molar-refractivity contribution in [2.75, 3.05) is 46.2 Å². The minimum Gasteiger partial charge on any atom is -0.481 e. The number of aliphatic hydroxyl groups is 2. The molecule has 0 aliphatic carbocycles. The first-order valence-corrected chi connectivity index (χ1v) is 21.1. The maximum atomic E-state index is 13.1. The number of hydrogen-bond acceptors (Lipinski definition) is 12. The Bertz CT molecular complexity index is 1250. The van der Waals surface area contributed by atoms with Gasteiger partial charge in [0.25, 0.3) is 0 Å². The van der Waals surface area contributed by atoms with E-state index in [4.69, 9.17) is 20.3 Å². The average Bonchev–Trinajstić information content (AvgIpc) is 3.19. The van der Waals surface area contributed by atoms with Crippen molar-refractivity contribution in [2.45, 2.75) is 160 Å². The molecule has 6 amide bonds. The van der Waals surface area contributed by atoms with Gasteiger partial charge in [0.2, 0.25) is 35.4 Å². The van der Waals surface area contributed by atoms with E-state index in [1.54, 1.807) is 0 Å². The number of nitrogens with one attached hydrogen (secondary N) is 5. The van der Waals surface area contributed by atoms with Crippen molar-refractivity contribution in [3.63, 3.8) is 0 Å². The summed E-state index contributed by atoms with van der Waals surface area (Å²) >= 11 is 0. The number of Topliss-reactive ketones (excluding diaryl/α,β-unsaturated/α-hetero) is 1. The van der Waals surface area contributed by atoms with Crippen LogP contribution in [0.5, 0.6) is 0 Å². The molecule has 0 rings (SSSR count). The predicted molar refractivity (Wildman–Crippen MR) is 217 cm³/mol. The van der Waals surface area contributed by atoms with Crippen LogP contribution in [-0.4, -0.2) is 133 Å². The van der Waals surface area contributed by atoms with E-state index in [2.05, 4.69) is 26.6 Å². The molecule has 0 bridgehead atoms. The van der Waals surface area contributed by atoms with Crippen molar-refractivity contribution in [2.24, 2.45) is 5.73 Å². The van der Waals surface area contributed by atoms with Crippen LogP contribution in [0, 0.1) is 0 Å². The molecule has 0 aliphatic heterocycles. The second-order valence-electron chi connectivity index (χ2n) is 14.6. The lowest BCUT2D eigenvalue weighted by Crippen LogP contribution is -2.59. The Morgan fingerprint density at radius 1 is 0.542 bits per heavy atom. The smallest absolute Gasteiger partial charge is 0.303 e. The highest BCUT2D eigenvalue weighted by molar-refractivity contribution is 5.95. The number of aliphatic carboxylic acids is 1. The van der Waals surface area contributed by atoms with Crippen LogP contribution >= 0.6 is 0 Å². The van der Waals surface area contributed by atoms with E-state index >= 15 is 0 Å². The van der Waals surface area contributed by atoms with Crippen molar-refractivity contribution in [3.05, 3.63) is 0 Å². The predicted octanol–water partition coefficient (Wildman–Crippen LogP) is 0.650. The minimum atomic E-state index is -1.52. The number of unbranched alkanes of at least 4 members (excludes halogenated alkanes) is 12. The van der Waals surface area contributed by atoms with Crippen LogP contribution in [0.1, 0.15) is 136 Å². The third-order valence-electron chi connectivity index (χ3n) is 9.33. The second-order valence-corrected chi connectivity index (χ2v) is 14.6. The molecule has 0 unspecified atom stereocenters. The molecule has 10 N–H and O–H groups in total. The second kappa shape index (κ2) is 35.7. The first kappa shape index (κ1) is 54.8. The summed E-state index contributed by atoms with van der Waals surface area (Å²) in [6.07, 6.45) is 14.7. The molecule has 0 saturated carbocycles. The van der Waals surface area contributed by atoms with Crippen LogP contribution in [-0.2, 0) is 47.8 Å². The fraction of sp³-hybridized carbons (Fsp3) is 0.800. The van der Waals surface area contributed by atoms with Gasteiger partial charge in [0, 0.05) is 25.8 Å². The summed E-state index contributed by atoms with van der Waals surface area (Å²) in [7, 11) is 0. The van der Waals surface area contributed by atoms with Crippen LogP contribution < -0.4 is 32.3 Å². The van der Waals surface area contributed by atoms with Crippen LogP contribution in [0.25, 0.3) is 0 Å². The number of ether oxygens (including phenoxy) is 2. The summed E-state index contributed by atoms with van der Waals surface area (Å²) in [5.41, 5.74) is 5.22. The molecule has 0 saturated heterocycles. The highest BCUT2D eigenvalue weighted by Gasteiger charge is 2.30. The molecule has 0 aliphatic rings. The fourth-order valence-corrected chi connectivity index (χ4v) is 5.85. The summed E-state index contributed by atoms with van der Waals surface area (Å²) in [5.74, 6) is -5.41. The maximum Gasteiger partial charge on any atom is 0.303 e. The number of carboxylic acids is 1. The monoisotopic (exact) mass is 845 g/mol. The molecule has 59 heavy (non-hydrogen) atoms. The number of hydrogen-bond donors (Lipinski definition) is 9. The number of ketones is 1. The van der Waals surface area contributed by atoms with Gasteiger partial charge in [-0.2, -0.15) is 0 Å². The highest BCUT2D eigenvalue weighted by Crippen LogP contribution is 2.13. The van der Waals surface area contributed by atoms with Crippen LogP contribution in [0.2, 0.25) is 0 Å². The fourth-order valence-electron chi connectivity index (χ4n) is 5.85. The lowest BCUT2D eigenvalue weighted by molar-refractivity contribution is -0.137. The van der Waals surface area contributed by atoms with Gasteiger partial charge in [-0.05, 0) is 32.6 Å². The molecule has 340 valence electrons. The van der Waals surface area contributed by atoms with E-state index in [1.165, 1.54) is 32.6 Å². The number of rotatable bonds is 39. The minimum absolute atomic E-state index is 0.0205. The number of amides is 6. The zero-order valence-electron chi connectivity index (χ0n) is 35.2. The Hall–Kier alpha value is -4.20. The third kappa shape index (κ3) is 30.5. The van der Waals surface area contributed by atoms with Gasteiger partial charge in [-0.1, -0.05) is 84.0 Å². The van der Waals surface area contributed by atoms with Gasteiger partial charge in [-0.15, -0.1) is 0 Å². The summed E-state index contributed by atoms with van der Waals surface area (Å²) < 4.78 is 10.7. The summed E-state index contributed by atoms with van der Waals surface area (Å²) in [6, 6.07) is -5.29. The molecule has 19 nitrogen and oxygen atoms in total. The highest BCUT2D eigenvalue weighted by atomic mass is 16.5. The van der Waals surface area contributed by atoms with E-state index in [-0.39, 0.29) is 50.8 Å². The molecule has 0 aromatic heterocycles. The van der Waals surface area contributed by atoms with Gasteiger partial charge in [-0.25, -0.2) is 0 Å². The summed E-state index contributed by atoms with van der Waals surface area (Å²) in [4.78, 5) is 97.2. The molecule has 0 heterocycles. The first-order valence-electron chi connectivity index (χ1n) is 21.1. The van der Waals surface area contributed by atoms with Crippen molar-refractivity contribution < 1.29 is 63.1 Å². The molecule has 0 aromatic rings. The summed E-state index contributed by atoms with van der Waals surface area (Å²) in [6.45, 7) is 1.74. The Morgan fingerprint density at radius 2 is 1.02 bits per heavy atom. The van der Waals surface area contributed by atoms with E-state index in [9.17, 15) is 48.6 Å². The number of carbonyl (C=O) groups is 8. The molecule has 0 radical (unpaired) electrons. The first-order chi connectivity index (χ1) is 28.2. The maximum absolute atomic E-state index is 13.1. The van der Waals surface area contributed by atoms with Gasteiger partial charge in [0.1, 0.15) is 24.7 Å². The van der Waals surface area contributed by atoms with E-state index in [0.717, 1.165) is 57.8 Å². The molecule has 0 fully saturated rings. The van der Waals surface area contributed by atoms with Crippen molar-refractivity contribution in [1.29, 1.82) is 0 Å². The normalized spacial score (nSPS) is 13.0. The van der Waals surface area contributed by atoms with Crippen LogP contribution in [0.3, 0.4) is 0 Å². The third-order valence-corrected chi connectivity index (χ3v) is 9.33. The number of carboxylic acid groups (broad SMARTS) is 1. The lowest BCUT2D eigenvalue weighted by atomic mass is 10.0. The van der Waals surface area contributed by atoms with E-state index in [0.29, 0.717) is 25.8 Å². The average molecular weight is 845 g/mol. The van der Waals surface area contributed by atoms with E-state index < -0.39 is 79.5 Å². The Balaban J connectivity index is 4.37. The zero-order chi connectivity index (χ0) is 44.3. The van der Waals surface area contributed by atoms with Crippen LogP contribution in [0.15, 0.2) is 0 Å². The lowest BCUT2D eigenvalue weighted by Gasteiger charge is -2.25. The quantitative estimate of drug-likeness (QED) is 0.0385. The van der Waals surface area contributed by atoms with Gasteiger partial charge in [0.05, 0.1) is 39.1 Å². The Labute approximate surface area is 348 Å². The Morgan fingerprint density at radius 3 is 1.53 bits per heavy atom. The SMILES string of the molecule is CCCC[C@H](NC(=O)[C@H](CO)NC(=O)[C@H](CCC(N)=O)NC(=O)[C@H](CO)NC(=O)COCCOCCNC(=O)CCCCCCCCCCCCCCC(=O)O)C(C)=O. The summed E-state index contributed by atoms with van der Waals surface area (Å²) in [5, 5.41) is 40.4. The molecule has 0 aromatic carbocycles. The van der Waals surface area contributed by atoms with Gasteiger partial charge >= 0.3 is 5.97 Å². The molecule has 0 spiro atoms.